The molecule has 5 heteroatoms. The fraction of sp³-hybridized carbons (Fsp3) is 0.538. The predicted molar refractivity (Wildman–Crippen MR) is 77.6 cm³/mol. The van der Waals surface area contributed by atoms with Crippen LogP contribution in [0.5, 0.6) is 5.88 Å². The van der Waals surface area contributed by atoms with Crippen molar-refractivity contribution in [2.75, 3.05) is 17.7 Å². The maximum Gasteiger partial charge on any atom is 0.213 e. The van der Waals surface area contributed by atoms with Crippen molar-refractivity contribution in [1.82, 2.24) is 4.98 Å². The molecule has 2 heterocycles. The van der Waals surface area contributed by atoms with Crippen molar-refractivity contribution in [3.63, 3.8) is 0 Å². The summed E-state index contributed by atoms with van der Waals surface area (Å²) in [5.41, 5.74) is 1.02. The van der Waals surface area contributed by atoms with E-state index in [1.165, 1.54) is 0 Å². The van der Waals surface area contributed by atoms with Crippen LogP contribution in [0.2, 0.25) is 0 Å². The van der Waals surface area contributed by atoms with Crippen molar-refractivity contribution in [3.05, 3.63) is 18.3 Å². The van der Waals surface area contributed by atoms with Gasteiger partial charge in [0.05, 0.1) is 24.0 Å². The van der Waals surface area contributed by atoms with Crippen LogP contribution in [0.25, 0.3) is 0 Å². The molecule has 1 aliphatic rings. The number of aromatic nitrogens is 1. The van der Waals surface area contributed by atoms with Gasteiger partial charge in [0.2, 0.25) is 5.88 Å². The van der Waals surface area contributed by atoms with Gasteiger partial charge in [-0.1, -0.05) is 18.7 Å². The van der Waals surface area contributed by atoms with Gasteiger partial charge >= 0.3 is 0 Å². The highest BCUT2D eigenvalue weighted by Gasteiger charge is 2.28. The molecule has 18 heavy (non-hydrogen) atoms. The topological polar surface area (TPSA) is 46.5 Å². The number of aliphatic imine (C=N–C) groups is 1. The first-order valence-electron chi connectivity index (χ1n) is 6.24. The van der Waals surface area contributed by atoms with Crippen LogP contribution in [0.1, 0.15) is 27.2 Å². The van der Waals surface area contributed by atoms with Gasteiger partial charge in [-0.2, -0.15) is 0 Å². The highest BCUT2D eigenvalue weighted by Crippen LogP contribution is 2.30. The number of amidine groups is 1. The van der Waals surface area contributed by atoms with Gasteiger partial charge in [-0.3, -0.25) is 4.99 Å². The Labute approximate surface area is 112 Å². The van der Waals surface area contributed by atoms with E-state index in [9.17, 15) is 0 Å². The van der Waals surface area contributed by atoms with E-state index < -0.39 is 0 Å². The van der Waals surface area contributed by atoms with E-state index in [2.05, 4.69) is 24.1 Å². The number of ether oxygens (including phenoxy) is 1. The first-order chi connectivity index (χ1) is 8.65. The zero-order valence-corrected chi connectivity index (χ0v) is 11.9. The highest BCUT2D eigenvalue weighted by atomic mass is 32.2. The average molecular weight is 265 g/mol. The molecule has 1 aromatic heterocycles. The lowest BCUT2D eigenvalue weighted by Gasteiger charge is -2.15. The molecule has 0 aliphatic carbocycles. The highest BCUT2D eigenvalue weighted by molar-refractivity contribution is 8.14. The predicted octanol–water partition coefficient (Wildman–Crippen LogP) is 3.16. The van der Waals surface area contributed by atoms with E-state index in [-0.39, 0.29) is 5.54 Å². The second-order valence-corrected chi connectivity index (χ2v) is 5.46. The normalized spacial score (nSPS) is 22.7. The van der Waals surface area contributed by atoms with Gasteiger partial charge < -0.3 is 10.1 Å². The Morgan fingerprint density at radius 1 is 1.44 bits per heavy atom. The van der Waals surface area contributed by atoms with E-state index >= 15 is 0 Å². The van der Waals surface area contributed by atoms with E-state index in [0.29, 0.717) is 12.5 Å². The van der Waals surface area contributed by atoms with Crippen LogP contribution < -0.4 is 10.1 Å². The van der Waals surface area contributed by atoms with E-state index in [1.54, 1.807) is 18.0 Å². The average Bonchev–Trinajstić information content (AvgIpc) is 2.75. The smallest absolute Gasteiger partial charge is 0.213 e. The molecule has 1 aliphatic heterocycles. The molecule has 0 aromatic carbocycles. The van der Waals surface area contributed by atoms with Crippen molar-refractivity contribution in [3.8, 4) is 5.88 Å². The Bertz CT molecular complexity index is 432. The number of anilines is 1. The number of pyridine rings is 1. The quantitative estimate of drug-likeness (QED) is 0.908. The van der Waals surface area contributed by atoms with E-state index in [4.69, 9.17) is 9.73 Å². The lowest BCUT2D eigenvalue weighted by Crippen LogP contribution is -2.20. The SMILES string of the molecule is CCOc1ccc(NC2=NC(C)(CC)CS2)cn1. The Kier molecular flexibility index (Phi) is 4.11. The number of rotatable bonds is 4. The third-order valence-corrected chi connectivity index (χ3v) is 4.17. The van der Waals surface area contributed by atoms with Crippen LogP contribution in [0.15, 0.2) is 23.3 Å². The number of nitrogens with one attached hydrogen (secondary N) is 1. The van der Waals surface area contributed by atoms with Gasteiger partial charge in [0, 0.05) is 11.8 Å². The van der Waals surface area contributed by atoms with Crippen molar-refractivity contribution < 1.29 is 4.74 Å². The lowest BCUT2D eigenvalue weighted by atomic mass is 10.0. The molecule has 1 N–H and O–H groups in total. The molecular weight excluding hydrogens is 246 g/mol. The molecule has 1 aromatic rings. The van der Waals surface area contributed by atoms with Crippen LogP contribution >= 0.6 is 11.8 Å². The van der Waals surface area contributed by atoms with Crippen molar-refractivity contribution in [2.24, 2.45) is 4.99 Å². The molecule has 1 atom stereocenters. The molecule has 2 rings (SSSR count). The van der Waals surface area contributed by atoms with Gasteiger partial charge in [-0.15, -0.1) is 0 Å². The molecule has 0 saturated carbocycles. The van der Waals surface area contributed by atoms with Crippen LogP contribution in [0.4, 0.5) is 5.69 Å². The van der Waals surface area contributed by atoms with Crippen molar-refractivity contribution >= 4 is 22.6 Å². The number of hydrogen-bond acceptors (Lipinski definition) is 5. The molecule has 98 valence electrons. The summed E-state index contributed by atoms with van der Waals surface area (Å²) in [6, 6.07) is 3.83. The number of nitrogens with zero attached hydrogens (tertiary/aromatic N) is 2. The van der Waals surface area contributed by atoms with Gasteiger partial charge in [-0.05, 0) is 26.3 Å². The summed E-state index contributed by atoms with van der Waals surface area (Å²) < 4.78 is 5.31. The molecule has 1 unspecified atom stereocenters. The fourth-order valence-corrected chi connectivity index (χ4v) is 2.78. The van der Waals surface area contributed by atoms with Crippen molar-refractivity contribution in [1.29, 1.82) is 0 Å². The minimum Gasteiger partial charge on any atom is -0.478 e. The summed E-state index contributed by atoms with van der Waals surface area (Å²) in [6.45, 7) is 6.94. The van der Waals surface area contributed by atoms with Crippen LogP contribution in [0, 0.1) is 0 Å². The van der Waals surface area contributed by atoms with E-state index in [1.807, 2.05) is 19.1 Å². The van der Waals surface area contributed by atoms with Crippen LogP contribution in [-0.4, -0.2) is 28.1 Å². The molecule has 0 amide bonds. The maximum absolute atomic E-state index is 5.31. The minimum absolute atomic E-state index is 0.0751. The van der Waals surface area contributed by atoms with Gasteiger partial charge in [0.15, 0.2) is 5.17 Å². The Morgan fingerprint density at radius 3 is 2.83 bits per heavy atom. The summed E-state index contributed by atoms with van der Waals surface area (Å²) in [4.78, 5) is 8.92. The standard InChI is InChI=1S/C13H19N3OS/c1-4-13(3)9-18-12(16-13)15-10-6-7-11(14-8-10)17-5-2/h6-8H,4-5,9H2,1-3H3,(H,15,16). The van der Waals surface area contributed by atoms with Gasteiger partial charge in [0.1, 0.15) is 0 Å². The number of hydrogen-bond donors (Lipinski definition) is 1. The van der Waals surface area contributed by atoms with Gasteiger partial charge in [-0.25, -0.2) is 4.98 Å². The first kappa shape index (κ1) is 13.2. The molecule has 0 radical (unpaired) electrons. The molecule has 0 saturated heterocycles. The number of thioether (sulfide) groups is 1. The second-order valence-electron chi connectivity index (χ2n) is 4.50. The zero-order chi connectivity index (χ0) is 13.0. The Balaban J connectivity index is 2.00. The molecule has 0 spiro atoms. The largest absolute Gasteiger partial charge is 0.478 e. The monoisotopic (exact) mass is 265 g/mol. The van der Waals surface area contributed by atoms with Crippen molar-refractivity contribution in [2.45, 2.75) is 32.7 Å². The Hall–Kier alpha value is -1.23. The summed E-state index contributed by atoms with van der Waals surface area (Å²) in [7, 11) is 0. The molecule has 0 bridgehead atoms. The van der Waals surface area contributed by atoms with E-state index in [0.717, 1.165) is 23.0 Å². The fourth-order valence-electron chi connectivity index (χ4n) is 1.59. The second kappa shape index (κ2) is 5.61. The minimum atomic E-state index is 0.0751. The zero-order valence-electron chi connectivity index (χ0n) is 11.1. The first-order valence-corrected chi connectivity index (χ1v) is 7.22. The van der Waals surface area contributed by atoms with Crippen LogP contribution in [0.3, 0.4) is 0 Å². The summed E-state index contributed by atoms with van der Waals surface area (Å²) >= 11 is 1.76. The lowest BCUT2D eigenvalue weighted by molar-refractivity contribution is 0.327. The van der Waals surface area contributed by atoms with Crippen LogP contribution in [-0.2, 0) is 0 Å². The third-order valence-electron chi connectivity index (χ3n) is 2.93. The molecule has 0 fully saturated rings. The Morgan fingerprint density at radius 2 is 2.28 bits per heavy atom. The molecule has 4 nitrogen and oxygen atoms in total. The summed E-state index contributed by atoms with van der Waals surface area (Å²) in [5.74, 6) is 1.69. The van der Waals surface area contributed by atoms with Gasteiger partial charge in [0.25, 0.3) is 0 Å². The third kappa shape index (κ3) is 3.16. The summed E-state index contributed by atoms with van der Waals surface area (Å²) in [6.07, 6.45) is 2.84. The maximum atomic E-state index is 5.31. The molecular formula is C13H19N3OS. The summed E-state index contributed by atoms with van der Waals surface area (Å²) in [5, 5.41) is 4.27.